The molecule has 5 heteroatoms. The number of carbonyl (C=O) groups is 2. The van der Waals surface area contributed by atoms with Crippen LogP contribution in [0.3, 0.4) is 0 Å². The summed E-state index contributed by atoms with van der Waals surface area (Å²) in [5.41, 5.74) is 2.43. The van der Waals surface area contributed by atoms with Crippen LogP contribution in [0.5, 0.6) is 0 Å². The third kappa shape index (κ3) is 3.21. The average Bonchev–Trinajstić information content (AvgIpc) is 3.33. The van der Waals surface area contributed by atoms with E-state index >= 15 is 0 Å². The Labute approximate surface area is 152 Å². The van der Waals surface area contributed by atoms with E-state index < -0.39 is 0 Å². The number of rotatable bonds is 5. The van der Waals surface area contributed by atoms with Crippen molar-refractivity contribution in [3.63, 3.8) is 0 Å². The summed E-state index contributed by atoms with van der Waals surface area (Å²) in [7, 11) is 0. The smallest absolute Gasteiger partial charge is 0.251 e. The highest BCUT2D eigenvalue weighted by Crippen LogP contribution is 2.47. The molecule has 26 heavy (non-hydrogen) atoms. The number of nitrogens with one attached hydrogen (secondary N) is 1. The van der Waals surface area contributed by atoms with Crippen molar-refractivity contribution < 1.29 is 14.0 Å². The second-order valence-electron chi connectivity index (χ2n) is 7.17. The molecule has 0 radical (unpaired) electrons. The average molecular weight is 352 g/mol. The molecule has 1 saturated carbocycles. The minimum absolute atomic E-state index is 0.0642. The van der Waals surface area contributed by atoms with Gasteiger partial charge in [0, 0.05) is 36.2 Å². The Bertz CT molecular complexity index is 826. The Balaban J connectivity index is 1.39. The van der Waals surface area contributed by atoms with Gasteiger partial charge in [-0.2, -0.15) is 0 Å². The quantitative estimate of drug-likeness (QED) is 0.896. The number of benzene rings is 2. The molecular weight excluding hydrogens is 331 g/mol. The summed E-state index contributed by atoms with van der Waals surface area (Å²) in [6.45, 7) is 1.29. The van der Waals surface area contributed by atoms with Gasteiger partial charge in [0.2, 0.25) is 5.91 Å². The van der Waals surface area contributed by atoms with Crippen molar-refractivity contribution >= 4 is 17.5 Å². The fourth-order valence-corrected chi connectivity index (χ4v) is 3.59. The molecule has 1 N–H and O–H groups in total. The number of hydrogen-bond donors (Lipinski definition) is 1. The van der Waals surface area contributed by atoms with Crippen LogP contribution >= 0.6 is 0 Å². The number of anilines is 1. The van der Waals surface area contributed by atoms with Crippen molar-refractivity contribution in [2.24, 2.45) is 0 Å². The number of hydrogen-bond acceptors (Lipinski definition) is 2. The van der Waals surface area contributed by atoms with Gasteiger partial charge in [-0.05, 0) is 61.2 Å². The zero-order valence-corrected chi connectivity index (χ0v) is 14.5. The second kappa shape index (κ2) is 6.56. The van der Waals surface area contributed by atoms with Crippen molar-refractivity contribution in [2.45, 2.75) is 31.1 Å². The normalized spacial score (nSPS) is 18.0. The van der Waals surface area contributed by atoms with E-state index in [2.05, 4.69) is 5.32 Å². The Kier molecular flexibility index (Phi) is 4.23. The number of carbonyl (C=O) groups excluding carboxylic acids is 2. The van der Waals surface area contributed by atoms with Gasteiger partial charge in [-0.3, -0.25) is 9.59 Å². The van der Waals surface area contributed by atoms with E-state index in [0.29, 0.717) is 18.5 Å². The molecule has 1 aliphatic carbocycles. The summed E-state index contributed by atoms with van der Waals surface area (Å²) < 4.78 is 13.1. The van der Waals surface area contributed by atoms with Gasteiger partial charge in [-0.25, -0.2) is 4.39 Å². The summed E-state index contributed by atoms with van der Waals surface area (Å²) in [6.07, 6.45) is 3.46. The van der Waals surface area contributed by atoms with E-state index in [1.807, 2.05) is 12.1 Å². The molecule has 0 bridgehead atoms. The largest absolute Gasteiger partial charge is 0.351 e. The van der Waals surface area contributed by atoms with Gasteiger partial charge in [0.15, 0.2) is 0 Å². The van der Waals surface area contributed by atoms with Crippen LogP contribution in [0.2, 0.25) is 0 Å². The Morgan fingerprint density at radius 2 is 1.77 bits per heavy atom. The van der Waals surface area contributed by atoms with Gasteiger partial charge in [-0.15, -0.1) is 0 Å². The second-order valence-corrected chi connectivity index (χ2v) is 7.17. The molecule has 4 rings (SSSR count). The molecule has 2 aromatic rings. The lowest BCUT2D eigenvalue weighted by atomic mass is 9.96. The van der Waals surface area contributed by atoms with Crippen LogP contribution in [0, 0.1) is 5.82 Å². The molecule has 0 unspecified atom stereocenters. The number of nitrogens with zero attached hydrogens (tertiary/aromatic N) is 1. The van der Waals surface area contributed by atoms with E-state index in [-0.39, 0.29) is 23.0 Å². The van der Waals surface area contributed by atoms with Crippen molar-refractivity contribution in [2.75, 3.05) is 18.0 Å². The first-order valence-corrected chi connectivity index (χ1v) is 9.02. The topological polar surface area (TPSA) is 49.4 Å². The lowest BCUT2D eigenvalue weighted by molar-refractivity contribution is -0.117. The maximum Gasteiger partial charge on any atom is 0.251 e. The van der Waals surface area contributed by atoms with Crippen molar-refractivity contribution in [3.05, 3.63) is 65.5 Å². The predicted octanol–water partition coefficient (Wildman–Crippen LogP) is 3.41. The number of halogens is 1. The predicted molar refractivity (Wildman–Crippen MR) is 97.7 cm³/mol. The van der Waals surface area contributed by atoms with Crippen LogP contribution in [0.25, 0.3) is 0 Å². The maximum atomic E-state index is 13.1. The highest BCUT2D eigenvalue weighted by molar-refractivity contribution is 5.97. The first kappa shape index (κ1) is 16.8. The maximum absolute atomic E-state index is 13.1. The molecule has 1 saturated heterocycles. The first-order chi connectivity index (χ1) is 12.6. The molecule has 2 fully saturated rings. The monoisotopic (exact) mass is 352 g/mol. The molecule has 2 aliphatic rings. The summed E-state index contributed by atoms with van der Waals surface area (Å²) in [5.74, 6) is -0.236. The molecular formula is C21H21FN2O2. The van der Waals surface area contributed by atoms with E-state index in [1.54, 1.807) is 29.2 Å². The fraction of sp³-hybridized carbons (Fsp3) is 0.333. The SMILES string of the molecule is O=C(NCC1(c2ccc(F)cc2)CC1)c1ccc(N2CCCC2=O)cc1. The summed E-state index contributed by atoms with van der Waals surface area (Å²) in [5, 5.41) is 3.00. The van der Waals surface area contributed by atoms with Gasteiger partial charge in [0.25, 0.3) is 5.91 Å². The van der Waals surface area contributed by atoms with E-state index in [0.717, 1.165) is 37.1 Å². The van der Waals surface area contributed by atoms with Crippen LogP contribution in [-0.2, 0) is 10.2 Å². The van der Waals surface area contributed by atoms with Crippen molar-refractivity contribution in [1.29, 1.82) is 0 Å². The van der Waals surface area contributed by atoms with Crippen LogP contribution in [0.1, 0.15) is 41.6 Å². The van der Waals surface area contributed by atoms with Gasteiger partial charge in [0.05, 0.1) is 0 Å². The third-order valence-corrected chi connectivity index (χ3v) is 5.41. The standard InChI is InChI=1S/C21H21FN2O2/c22-17-7-5-16(6-8-17)21(11-12-21)14-23-20(26)15-3-9-18(10-4-15)24-13-1-2-19(24)25/h3-10H,1-2,11-14H2,(H,23,26). The molecule has 1 heterocycles. The zero-order valence-electron chi connectivity index (χ0n) is 14.5. The van der Waals surface area contributed by atoms with E-state index in [4.69, 9.17) is 0 Å². The van der Waals surface area contributed by atoms with Crippen LogP contribution in [-0.4, -0.2) is 24.9 Å². The lowest BCUT2D eigenvalue weighted by Crippen LogP contribution is -2.32. The minimum Gasteiger partial charge on any atom is -0.351 e. The molecule has 4 nitrogen and oxygen atoms in total. The summed E-state index contributed by atoms with van der Waals surface area (Å²) in [6, 6.07) is 13.7. The van der Waals surface area contributed by atoms with E-state index in [1.165, 1.54) is 12.1 Å². The molecule has 0 aromatic heterocycles. The van der Waals surface area contributed by atoms with Crippen LogP contribution < -0.4 is 10.2 Å². The van der Waals surface area contributed by atoms with E-state index in [9.17, 15) is 14.0 Å². The van der Waals surface area contributed by atoms with Gasteiger partial charge >= 0.3 is 0 Å². The number of amides is 2. The van der Waals surface area contributed by atoms with Crippen molar-refractivity contribution in [1.82, 2.24) is 5.32 Å². The lowest BCUT2D eigenvalue weighted by Gasteiger charge is -2.18. The highest BCUT2D eigenvalue weighted by Gasteiger charge is 2.44. The minimum atomic E-state index is -0.245. The van der Waals surface area contributed by atoms with Crippen molar-refractivity contribution in [3.8, 4) is 0 Å². The molecule has 1 aliphatic heterocycles. The Morgan fingerprint density at radius 3 is 2.35 bits per heavy atom. The molecule has 2 aromatic carbocycles. The fourth-order valence-electron chi connectivity index (χ4n) is 3.59. The van der Waals surface area contributed by atoms with Crippen LogP contribution in [0.15, 0.2) is 48.5 Å². The molecule has 2 amide bonds. The summed E-state index contributed by atoms with van der Waals surface area (Å²) in [4.78, 5) is 26.0. The zero-order chi connectivity index (χ0) is 18.1. The first-order valence-electron chi connectivity index (χ1n) is 9.02. The molecule has 0 spiro atoms. The van der Waals surface area contributed by atoms with Gasteiger partial charge in [-0.1, -0.05) is 12.1 Å². The highest BCUT2D eigenvalue weighted by atomic mass is 19.1. The molecule has 0 atom stereocenters. The van der Waals surface area contributed by atoms with Crippen LogP contribution in [0.4, 0.5) is 10.1 Å². The molecule has 134 valence electrons. The van der Waals surface area contributed by atoms with Gasteiger partial charge in [0.1, 0.15) is 5.82 Å². The third-order valence-electron chi connectivity index (χ3n) is 5.41. The Hall–Kier alpha value is -2.69. The van der Waals surface area contributed by atoms with Gasteiger partial charge < -0.3 is 10.2 Å². The Morgan fingerprint density at radius 1 is 1.08 bits per heavy atom. The summed E-state index contributed by atoms with van der Waals surface area (Å²) >= 11 is 0.